The molecule has 0 radical (unpaired) electrons. The number of aromatic nitrogens is 1. The van der Waals surface area contributed by atoms with Crippen molar-refractivity contribution in [1.29, 1.82) is 0 Å². The average molecular weight is 224 g/mol. The molecule has 2 nitrogen and oxygen atoms in total. The van der Waals surface area contributed by atoms with Crippen LogP contribution >= 0.6 is 11.3 Å². The number of nitrogens with one attached hydrogen (secondary N) is 1. The zero-order chi connectivity index (χ0) is 10.9. The van der Waals surface area contributed by atoms with Gasteiger partial charge in [-0.2, -0.15) is 0 Å². The molecule has 1 aliphatic rings. The third-order valence-electron chi connectivity index (χ3n) is 3.46. The van der Waals surface area contributed by atoms with Crippen LogP contribution in [0.15, 0.2) is 0 Å². The van der Waals surface area contributed by atoms with Gasteiger partial charge in [-0.05, 0) is 32.1 Å². The highest BCUT2D eigenvalue weighted by atomic mass is 32.1. The minimum Gasteiger partial charge on any atom is -0.310 e. The molecule has 0 spiro atoms. The molecule has 1 fully saturated rings. The van der Waals surface area contributed by atoms with Crippen LogP contribution in [0.1, 0.15) is 41.8 Å². The van der Waals surface area contributed by atoms with Crippen LogP contribution in [0.25, 0.3) is 0 Å². The molecule has 0 aromatic carbocycles. The normalized spacial score (nSPS) is 18.9. The van der Waals surface area contributed by atoms with Gasteiger partial charge in [-0.3, -0.25) is 0 Å². The van der Waals surface area contributed by atoms with Gasteiger partial charge >= 0.3 is 0 Å². The fourth-order valence-corrected chi connectivity index (χ4v) is 2.95. The summed E-state index contributed by atoms with van der Waals surface area (Å²) >= 11 is 1.82. The molecule has 1 aromatic heterocycles. The van der Waals surface area contributed by atoms with Gasteiger partial charge in [0.05, 0.1) is 5.69 Å². The maximum Gasteiger partial charge on any atom is 0.107 e. The lowest BCUT2D eigenvalue weighted by molar-refractivity contribution is 0.156. The van der Waals surface area contributed by atoms with Gasteiger partial charge in [0.2, 0.25) is 0 Å². The van der Waals surface area contributed by atoms with Gasteiger partial charge in [0, 0.05) is 18.0 Å². The number of hydrogen-bond donors (Lipinski definition) is 1. The fraction of sp³-hybridized carbons (Fsp3) is 0.750. The molecule has 1 heterocycles. The van der Waals surface area contributed by atoms with Gasteiger partial charge in [-0.15, -0.1) is 11.3 Å². The van der Waals surface area contributed by atoms with Crippen molar-refractivity contribution in [3.8, 4) is 0 Å². The van der Waals surface area contributed by atoms with Crippen LogP contribution in [0.4, 0.5) is 0 Å². The van der Waals surface area contributed by atoms with E-state index in [0.29, 0.717) is 5.41 Å². The summed E-state index contributed by atoms with van der Waals surface area (Å²) in [5, 5.41) is 4.76. The highest BCUT2D eigenvalue weighted by Gasteiger charge is 2.30. The van der Waals surface area contributed by atoms with E-state index in [0.717, 1.165) is 13.1 Å². The van der Waals surface area contributed by atoms with Crippen molar-refractivity contribution in [3.05, 3.63) is 15.6 Å². The second kappa shape index (κ2) is 4.22. The number of nitrogens with zero attached hydrogens (tertiary/aromatic N) is 1. The molecule has 15 heavy (non-hydrogen) atoms. The third-order valence-corrected chi connectivity index (χ3v) is 4.53. The lowest BCUT2D eigenvalue weighted by Gasteiger charge is -2.38. The van der Waals surface area contributed by atoms with E-state index >= 15 is 0 Å². The molecule has 1 aliphatic carbocycles. The Hall–Kier alpha value is -0.410. The predicted molar refractivity (Wildman–Crippen MR) is 65.3 cm³/mol. The van der Waals surface area contributed by atoms with Crippen molar-refractivity contribution < 1.29 is 0 Å². The first-order valence-corrected chi connectivity index (χ1v) is 6.54. The molecule has 0 bridgehead atoms. The second-order valence-corrected chi connectivity index (χ2v) is 6.30. The SMILES string of the molecule is Cc1nc(CNCC2(C)CCC2)sc1C. The second-order valence-electron chi connectivity index (χ2n) is 5.02. The van der Waals surface area contributed by atoms with Gasteiger partial charge < -0.3 is 5.32 Å². The standard InChI is InChI=1S/C12H20N2S/c1-9-10(2)15-11(14-9)7-13-8-12(3)5-4-6-12/h13H,4-8H2,1-3H3. The molecule has 1 saturated carbocycles. The maximum absolute atomic E-state index is 4.53. The first-order valence-electron chi connectivity index (χ1n) is 5.73. The zero-order valence-electron chi connectivity index (χ0n) is 9.89. The summed E-state index contributed by atoms with van der Waals surface area (Å²) in [6.07, 6.45) is 4.18. The van der Waals surface area contributed by atoms with E-state index in [1.54, 1.807) is 0 Å². The predicted octanol–water partition coefficient (Wildman–Crippen LogP) is 3.04. The summed E-state index contributed by atoms with van der Waals surface area (Å²) in [6.45, 7) is 8.69. The zero-order valence-corrected chi connectivity index (χ0v) is 10.7. The van der Waals surface area contributed by atoms with Gasteiger partial charge in [-0.25, -0.2) is 4.98 Å². The third kappa shape index (κ3) is 2.58. The van der Waals surface area contributed by atoms with Gasteiger partial charge in [0.1, 0.15) is 5.01 Å². The fourth-order valence-electron chi connectivity index (χ4n) is 2.04. The minimum atomic E-state index is 0.571. The summed E-state index contributed by atoms with van der Waals surface area (Å²) in [5.74, 6) is 0. The molecule has 0 atom stereocenters. The Bertz CT molecular complexity index is 320. The molecule has 0 unspecified atom stereocenters. The summed E-state index contributed by atoms with van der Waals surface area (Å²) in [6, 6.07) is 0. The van der Waals surface area contributed by atoms with Crippen molar-refractivity contribution in [2.24, 2.45) is 5.41 Å². The van der Waals surface area contributed by atoms with Crippen LogP contribution in [0.5, 0.6) is 0 Å². The maximum atomic E-state index is 4.53. The molecule has 3 heteroatoms. The Labute approximate surface area is 96.1 Å². The molecule has 1 N–H and O–H groups in total. The summed E-state index contributed by atoms with van der Waals surface area (Å²) in [7, 11) is 0. The molecule has 1 aromatic rings. The topological polar surface area (TPSA) is 24.9 Å². The Morgan fingerprint density at radius 3 is 2.60 bits per heavy atom. The van der Waals surface area contributed by atoms with Crippen LogP contribution < -0.4 is 5.32 Å². The van der Waals surface area contributed by atoms with E-state index in [9.17, 15) is 0 Å². The molecule has 0 saturated heterocycles. The van der Waals surface area contributed by atoms with Crippen LogP contribution in [-0.2, 0) is 6.54 Å². The van der Waals surface area contributed by atoms with E-state index < -0.39 is 0 Å². The first-order chi connectivity index (χ1) is 7.09. The van der Waals surface area contributed by atoms with Crippen LogP contribution in [0, 0.1) is 19.3 Å². The smallest absolute Gasteiger partial charge is 0.107 e. The van der Waals surface area contributed by atoms with Gasteiger partial charge in [-0.1, -0.05) is 13.3 Å². The van der Waals surface area contributed by atoms with E-state index in [4.69, 9.17) is 0 Å². The largest absolute Gasteiger partial charge is 0.310 e. The van der Waals surface area contributed by atoms with Crippen molar-refractivity contribution in [2.45, 2.75) is 46.6 Å². The summed E-state index contributed by atoms with van der Waals surface area (Å²) in [5.41, 5.74) is 1.76. The summed E-state index contributed by atoms with van der Waals surface area (Å²) in [4.78, 5) is 5.88. The van der Waals surface area contributed by atoms with Gasteiger partial charge in [0.25, 0.3) is 0 Å². The minimum absolute atomic E-state index is 0.571. The molecule has 0 aliphatic heterocycles. The Balaban J connectivity index is 1.78. The van der Waals surface area contributed by atoms with Crippen LogP contribution in [0.3, 0.4) is 0 Å². The van der Waals surface area contributed by atoms with E-state index in [-0.39, 0.29) is 0 Å². The highest BCUT2D eigenvalue weighted by Crippen LogP contribution is 2.39. The lowest BCUT2D eigenvalue weighted by Crippen LogP contribution is -2.36. The Morgan fingerprint density at radius 1 is 1.40 bits per heavy atom. The molecular weight excluding hydrogens is 204 g/mol. The number of hydrogen-bond acceptors (Lipinski definition) is 3. The molecule has 0 amide bonds. The van der Waals surface area contributed by atoms with Crippen LogP contribution in [0.2, 0.25) is 0 Å². The van der Waals surface area contributed by atoms with E-state index in [1.165, 1.54) is 34.8 Å². The van der Waals surface area contributed by atoms with E-state index in [1.807, 2.05) is 11.3 Å². The number of aryl methyl sites for hydroxylation is 2. The summed E-state index contributed by atoms with van der Waals surface area (Å²) < 4.78 is 0. The van der Waals surface area contributed by atoms with Crippen molar-refractivity contribution in [3.63, 3.8) is 0 Å². The van der Waals surface area contributed by atoms with Crippen molar-refractivity contribution in [2.75, 3.05) is 6.54 Å². The molecule has 84 valence electrons. The Kier molecular flexibility index (Phi) is 3.12. The van der Waals surface area contributed by atoms with Crippen LogP contribution in [-0.4, -0.2) is 11.5 Å². The lowest BCUT2D eigenvalue weighted by atomic mass is 9.70. The Morgan fingerprint density at radius 2 is 2.13 bits per heavy atom. The molecular formula is C12H20N2S. The quantitative estimate of drug-likeness (QED) is 0.850. The highest BCUT2D eigenvalue weighted by molar-refractivity contribution is 7.11. The first kappa shape index (κ1) is 11.1. The molecule has 2 rings (SSSR count). The van der Waals surface area contributed by atoms with Crippen molar-refractivity contribution in [1.82, 2.24) is 10.3 Å². The number of rotatable bonds is 4. The van der Waals surface area contributed by atoms with Gasteiger partial charge in [0.15, 0.2) is 0 Å². The monoisotopic (exact) mass is 224 g/mol. The number of thiazole rings is 1. The van der Waals surface area contributed by atoms with Crippen molar-refractivity contribution >= 4 is 11.3 Å². The van der Waals surface area contributed by atoms with E-state index in [2.05, 4.69) is 31.1 Å². The average Bonchev–Trinajstić information content (AvgIpc) is 2.43.